The van der Waals surface area contributed by atoms with Gasteiger partial charge in [0.1, 0.15) is 17.3 Å². The Bertz CT molecular complexity index is 1520. The van der Waals surface area contributed by atoms with E-state index < -0.39 is 33.5 Å². The van der Waals surface area contributed by atoms with E-state index >= 15 is 0 Å². The van der Waals surface area contributed by atoms with E-state index in [-0.39, 0.29) is 28.7 Å². The minimum Gasteiger partial charge on any atom is -0.477 e. The number of nitrogens with one attached hydrogen (secondary N) is 1. The van der Waals surface area contributed by atoms with Gasteiger partial charge in [-0.05, 0) is 57.2 Å². The standard InChI is InChI=1S/C27H28N4O6/c1-27(2,3)28-25(33)23-17-7-5-4-6-15(17)10-11-29(23)21-13-20-18(12-22(21)31(36)37)24(32)19(26(34)35)14-30(20)16-8-9-16/h4-7,12-14,16,23H,8-11H2,1-3H3,(H,28,33)(H,34,35). The summed E-state index contributed by atoms with van der Waals surface area (Å²) in [6.07, 6.45) is 3.54. The van der Waals surface area contributed by atoms with Crippen LogP contribution in [0.1, 0.15) is 67.2 Å². The minimum atomic E-state index is -1.38. The van der Waals surface area contributed by atoms with Crippen LogP contribution >= 0.6 is 0 Å². The second-order valence-electron chi connectivity index (χ2n) is 10.7. The summed E-state index contributed by atoms with van der Waals surface area (Å²) in [4.78, 5) is 51.8. The quantitative estimate of drug-likeness (QED) is 0.397. The summed E-state index contributed by atoms with van der Waals surface area (Å²) in [6.45, 7) is 5.97. The first-order valence-corrected chi connectivity index (χ1v) is 12.2. The number of carbonyl (C=O) groups excluding carboxylic acids is 1. The van der Waals surface area contributed by atoms with Crippen molar-refractivity contribution in [1.29, 1.82) is 0 Å². The minimum absolute atomic E-state index is 0.0116. The van der Waals surface area contributed by atoms with Crippen LogP contribution < -0.4 is 15.6 Å². The number of pyridine rings is 1. The maximum atomic E-state index is 13.6. The van der Waals surface area contributed by atoms with E-state index in [0.29, 0.717) is 18.5 Å². The van der Waals surface area contributed by atoms with Crippen molar-refractivity contribution in [2.24, 2.45) is 0 Å². The van der Waals surface area contributed by atoms with E-state index in [1.807, 2.05) is 45.0 Å². The number of hydrogen-bond acceptors (Lipinski definition) is 6. The molecule has 1 amide bonds. The van der Waals surface area contributed by atoms with Crippen molar-refractivity contribution in [3.63, 3.8) is 0 Å². The van der Waals surface area contributed by atoms with Crippen molar-refractivity contribution in [3.8, 4) is 0 Å². The van der Waals surface area contributed by atoms with E-state index in [1.54, 1.807) is 15.5 Å². The Balaban J connectivity index is 1.76. The van der Waals surface area contributed by atoms with Gasteiger partial charge in [0, 0.05) is 30.4 Å². The Kier molecular flexibility index (Phi) is 5.77. The molecule has 0 saturated heterocycles. The average Bonchev–Trinajstić information content (AvgIpc) is 3.67. The Labute approximate surface area is 212 Å². The highest BCUT2D eigenvalue weighted by atomic mass is 16.6. The van der Waals surface area contributed by atoms with Crippen LogP contribution in [-0.2, 0) is 11.2 Å². The lowest BCUT2D eigenvalue weighted by atomic mass is 9.90. The molecule has 2 aromatic carbocycles. The molecule has 1 saturated carbocycles. The predicted octanol–water partition coefficient (Wildman–Crippen LogP) is 3.96. The van der Waals surface area contributed by atoms with Gasteiger partial charge in [0.2, 0.25) is 11.3 Å². The first-order valence-electron chi connectivity index (χ1n) is 12.2. The number of carboxylic acids is 1. The molecule has 0 radical (unpaired) electrons. The van der Waals surface area contributed by atoms with Crippen LogP contribution in [0.4, 0.5) is 11.4 Å². The summed E-state index contributed by atoms with van der Waals surface area (Å²) in [5.41, 5.74) is 0.357. The molecule has 37 heavy (non-hydrogen) atoms. The van der Waals surface area contributed by atoms with Gasteiger partial charge < -0.3 is 19.9 Å². The molecule has 1 aromatic heterocycles. The van der Waals surface area contributed by atoms with Crippen molar-refractivity contribution in [3.05, 3.63) is 79.6 Å². The first-order chi connectivity index (χ1) is 17.5. The van der Waals surface area contributed by atoms with Crippen molar-refractivity contribution in [2.75, 3.05) is 11.4 Å². The van der Waals surface area contributed by atoms with Gasteiger partial charge in [0.25, 0.3) is 5.69 Å². The molecule has 10 nitrogen and oxygen atoms in total. The number of nitrogens with zero attached hydrogens (tertiary/aromatic N) is 3. The number of aromatic carboxylic acids is 1. The summed E-state index contributed by atoms with van der Waals surface area (Å²) in [6, 6.07) is 9.49. The monoisotopic (exact) mass is 504 g/mol. The van der Waals surface area contributed by atoms with Crippen LogP contribution in [0.5, 0.6) is 0 Å². The van der Waals surface area contributed by atoms with E-state index in [4.69, 9.17) is 0 Å². The third-order valence-electron chi connectivity index (χ3n) is 6.84. The molecular formula is C27H28N4O6. The smallest absolute Gasteiger partial charge is 0.341 e. The van der Waals surface area contributed by atoms with Crippen LogP contribution in [0, 0.1) is 10.1 Å². The lowest BCUT2D eigenvalue weighted by molar-refractivity contribution is -0.384. The molecule has 5 rings (SSSR count). The Hall–Kier alpha value is -4.21. The summed E-state index contributed by atoms with van der Waals surface area (Å²) >= 11 is 0. The lowest BCUT2D eigenvalue weighted by Gasteiger charge is -2.39. The van der Waals surface area contributed by atoms with Gasteiger partial charge in [-0.15, -0.1) is 0 Å². The van der Waals surface area contributed by atoms with Gasteiger partial charge in [-0.25, -0.2) is 4.79 Å². The van der Waals surface area contributed by atoms with Gasteiger partial charge >= 0.3 is 5.97 Å². The number of amides is 1. The summed E-state index contributed by atoms with van der Waals surface area (Å²) < 4.78 is 1.73. The maximum absolute atomic E-state index is 13.6. The number of aromatic nitrogens is 1. The second kappa shape index (κ2) is 8.72. The van der Waals surface area contributed by atoms with Crippen molar-refractivity contribution >= 4 is 34.2 Å². The molecule has 192 valence electrons. The number of nitro benzene ring substituents is 1. The van der Waals surface area contributed by atoms with Crippen LogP contribution in [-0.4, -0.2) is 38.6 Å². The SMILES string of the molecule is CC(C)(C)NC(=O)C1c2ccccc2CCN1c1cc2c(cc1[N+](=O)[O-])c(=O)c(C(=O)O)cn2C1CC1. The van der Waals surface area contributed by atoms with Crippen LogP contribution in [0.15, 0.2) is 47.4 Å². The third kappa shape index (κ3) is 4.43. The third-order valence-corrected chi connectivity index (χ3v) is 6.84. The van der Waals surface area contributed by atoms with Crippen LogP contribution in [0.3, 0.4) is 0 Å². The molecule has 10 heteroatoms. The van der Waals surface area contributed by atoms with Gasteiger partial charge in [-0.3, -0.25) is 19.7 Å². The number of carbonyl (C=O) groups is 2. The largest absolute Gasteiger partial charge is 0.477 e. The molecule has 2 heterocycles. The normalized spacial score (nSPS) is 17.4. The van der Waals surface area contributed by atoms with Crippen LogP contribution in [0.25, 0.3) is 10.9 Å². The lowest BCUT2D eigenvalue weighted by Crippen LogP contribution is -2.50. The number of nitro groups is 1. The second-order valence-corrected chi connectivity index (χ2v) is 10.7. The molecule has 0 spiro atoms. The Morgan fingerprint density at radius 3 is 2.49 bits per heavy atom. The molecule has 1 unspecified atom stereocenters. The van der Waals surface area contributed by atoms with E-state index in [0.717, 1.165) is 30.0 Å². The molecule has 1 atom stereocenters. The van der Waals surface area contributed by atoms with Gasteiger partial charge in [-0.1, -0.05) is 24.3 Å². The van der Waals surface area contributed by atoms with Crippen molar-refractivity contribution < 1.29 is 19.6 Å². The first kappa shape index (κ1) is 24.5. The topological polar surface area (TPSA) is 135 Å². The fraction of sp³-hybridized carbons (Fsp3) is 0.370. The fourth-order valence-electron chi connectivity index (χ4n) is 5.10. The van der Waals surface area contributed by atoms with E-state index in [1.165, 1.54) is 6.20 Å². The average molecular weight is 505 g/mol. The van der Waals surface area contributed by atoms with Gasteiger partial charge in [0.15, 0.2) is 0 Å². The predicted molar refractivity (Wildman–Crippen MR) is 138 cm³/mol. The summed E-state index contributed by atoms with van der Waals surface area (Å²) in [7, 11) is 0. The highest BCUT2D eigenvalue weighted by Crippen LogP contribution is 2.43. The van der Waals surface area contributed by atoms with Gasteiger partial charge in [0.05, 0.1) is 15.8 Å². The number of anilines is 1. The summed E-state index contributed by atoms with van der Waals surface area (Å²) in [5.74, 6) is -1.66. The fourth-order valence-corrected chi connectivity index (χ4v) is 5.10. The molecule has 1 aliphatic heterocycles. The molecule has 0 bridgehead atoms. The Morgan fingerprint density at radius 1 is 1.16 bits per heavy atom. The van der Waals surface area contributed by atoms with Gasteiger partial charge in [-0.2, -0.15) is 0 Å². The molecule has 2 N–H and O–H groups in total. The van der Waals surface area contributed by atoms with Crippen molar-refractivity contribution in [2.45, 2.75) is 57.7 Å². The zero-order valence-corrected chi connectivity index (χ0v) is 20.9. The zero-order valence-electron chi connectivity index (χ0n) is 20.9. The molecule has 3 aromatic rings. The number of hydrogen-bond donors (Lipinski definition) is 2. The van der Waals surface area contributed by atoms with E-state index in [9.17, 15) is 29.6 Å². The van der Waals surface area contributed by atoms with E-state index in [2.05, 4.69) is 5.32 Å². The number of fused-ring (bicyclic) bond motifs is 2. The number of benzene rings is 2. The molecule has 1 fully saturated rings. The highest BCUT2D eigenvalue weighted by Gasteiger charge is 2.38. The van der Waals surface area contributed by atoms with Crippen molar-refractivity contribution in [1.82, 2.24) is 9.88 Å². The number of rotatable bonds is 5. The van der Waals surface area contributed by atoms with Crippen LogP contribution in [0.2, 0.25) is 0 Å². The maximum Gasteiger partial charge on any atom is 0.341 e. The molecule has 2 aliphatic rings. The zero-order chi connectivity index (χ0) is 26.6. The number of carboxylic acid groups (broad SMARTS) is 1. The molecular weight excluding hydrogens is 476 g/mol. The molecule has 1 aliphatic carbocycles. The summed E-state index contributed by atoms with van der Waals surface area (Å²) in [5, 5.41) is 24.8. The Morgan fingerprint density at radius 2 is 1.86 bits per heavy atom. The highest BCUT2D eigenvalue weighted by molar-refractivity contribution is 5.96.